The zero-order chi connectivity index (χ0) is 16.6. The van der Waals surface area contributed by atoms with Gasteiger partial charge in [0.1, 0.15) is 5.82 Å². The van der Waals surface area contributed by atoms with E-state index in [0.717, 1.165) is 29.1 Å². The summed E-state index contributed by atoms with van der Waals surface area (Å²) in [7, 11) is 0. The van der Waals surface area contributed by atoms with Crippen LogP contribution < -0.4 is 0 Å². The molecule has 0 saturated heterocycles. The lowest BCUT2D eigenvalue weighted by atomic mass is 9.82. The average molecular weight is 330 g/mol. The fourth-order valence-corrected chi connectivity index (χ4v) is 3.10. The van der Waals surface area contributed by atoms with Gasteiger partial charge in [-0.1, -0.05) is 23.7 Å². The molecule has 0 atom stereocenters. The molecule has 2 aromatic rings. The molecule has 0 saturated carbocycles. The molecule has 0 fully saturated rings. The minimum Gasteiger partial charge on any atom is -0.337 e. The molecule has 0 bridgehead atoms. The minimum atomic E-state index is -0.590. The Kier molecular flexibility index (Phi) is 4.11. The number of carbonyl (C=O) groups is 1. The first-order valence-corrected chi connectivity index (χ1v) is 8.12. The van der Waals surface area contributed by atoms with Crippen LogP contribution in [-0.4, -0.2) is 27.3 Å². The fraction of sp³-hybridized carbons (Fsp3) is 0.389. The van der Waals surface area contributed by atoms with Gasteiger partial charge in [-0.3, -0.25) is 4.79 Å². The summed E-state index contributed by atoms with van der Waals surface area (Å²) >= 11 is 5.95. The molecule has 0 N–H and O–H groups in total. The number of fused-ring (bicyclic) bond motifs is 1. The molecule has 23 heavy (non-hydrogen) atoms. The van der Waals surface area contributed by atoms with Crippen molar-refractivity contribution in [1.82, 2.24) is 14.9 Å². The Morgan fingerprint density at radius 2 is 1.96 bits per heavy atom. The van der Waals surface area contributed by atoms with E-state index in [1.54, 1.807) is 0 Å². The van der Waals surface area contributed by atoms with Gasteiger partial charge in [-0.05, 0) is 38.5 Å². The molecule has 0 spiro atoms. The van der Waals surface area contributed by atoms with Gasteiger partial charge < -0.3 is 4.90 Å². The summed E-state index contributed by atoms with van der Waals surface area (Å²) in [6.45, 7) is 7.08. The van der Waals surface area contributed by atoms with Crippen LogP contribution in [0.25, 0.3) is 0 Å². The molecule has 1 aliphatic heterocycles. The molecule has 1 amide bonds. The molecule has 2 heterocycles. The highest BCUT2D eigenvalue weighted by atomic mass is 35.5. The number of halogens is 1. The highest BCUT2D eigenvalue weighted by Gasteiger charge is 2.35. The van der Waals surface area contributed by atoms with E-state index < -0.39 is 5.41 Å². The van der Waals surface area contributed by atoms with Crippen molar-refractivity contribution in [3.05, 3.63) is 58.1 Å². The van der Waals surface area contributed by atoms with Crippen molar-refractivity contribution in [2.45, 2.75) is 39.2 Å². The second-order valence-corrected chi connectivity index (χ2v) is 6.93. The highest BCUT2D eigenvalue weighted by Crippen LogP contribution is 2.29. The number of carbonyl (C=O) groups excluding carboxylic acids is 1. The van der Waals surface area contributed by atoms with Gasteiger partial charge in [0.25, 0.3) is 0 Å². The molecule has 4 nitrogen and oxygen atoms in total. The smallest absolute Gasteiger partial charge is 0.232 e. The van der Waals surface area contributed by atoms with Crippen LogP contribution in [0, 0.1) is 6.92 Å². The van der Waals surface area contributed by atoms with Crippen molar-refractivity contribution >= 4 is 17.5 Å². The zero-order valence-electron chi connectivity index (χ0n) is 13.6. The lowest BCUT2D eigenvalue weighted by Gasteiger charge is -2.35. The molecule has 1 aromatic carbocycles. The van der Waals surface area contributed by atoms with Crippen LogP contribution in [0.3, 0.4) is 0 Å². The minimum absolute atomic E-state index is 0.117. The van der Waals surface area contributed by atoms with Crippen LogP contribution in [0.2, 0.25) is 5.02 Å². The maximum atomic E-state index is 13.0. The van der Waals surface area contributed by atoms with Crippen LogP contribution in [0.1, 0.15) is 36.5 Å². The second-order valence-electron chi connectivity index (χ2n) is 6.50. The van der Waals surface area contributed by atoms with Crippen molar-refractivity contribution < 1.29 is 4.79 Å². The third kappa shape index (κ3) is 3.08. The predicted molar refractivity (Wildman–Crippen MR) is 90.4 cm³/mol. The molecule has 3 rings (SSSR count). The molecule has 0 unspecified atom stereocenters. The topological polar surface area (TPSA) is 46.1 Å². The quantitative estimate of drug-likeness (QED) is 0.849. The summed E-state index contributed by atoms with van der Waals surface area (Å²) in [5, 5.41) is 0.677. The molecule has 1 aliphatic rings. The van der Waals surface area contributed by atoms with Gasteiger partial charge in [-0.2, -0.15) is 0 Å². The summed E-state index contributed by atoms with van der Waals surface area (Å²) in [6.07, 6.45) is 2.62. The van der Waals surface area contributed by atoms with E-state index in [-0.39, 0.29) is 5.91 Å². The number of amides is 1. The van der Waals surface area contributed by atoms with E-state index in [0.29, 0.717) is 18.1 Å². The van der Waals surface area contributed by atoms with Gasteiger partial charge in [-0.15, -0.1) is 0 Å². The lowest BCUT2D eigenvalue weighted by molar-refractivity contribution is -0.137. The molecule has 0 radical (unpaired) electrons. The number of hydrogen-bond donors (Lipinski definition) is 0. The normalized spacial score (nSPS) is 14.5. The largest absolute Gasteiger partial charge is 0.337 e. The van der Waals surface area contributed by atoms with Gasteiger partial charge in [0, 0.05) is 36.3 Å². The summed E-state index contributed by atoms with van der Waals surface area (Å²) in [5.74, 6) is 0.899. The van der Waals surface area contributed by atoms with Crippen LogP contribution in [-0.2, 0) is 23.2 Å². The average Bonchev–Trinajstić information content (AvgIpc) is 2.54. The third-order valence-corrected chi connectivity index (χ3v) is 4.69. The first kappa shape index (κ1) is 15.9. The van der Waals surface area contributed by atoms with Gasteiger partial charge in [-0.25, -0.2) is 9.97 Å². The van der Waals surface area contributed by atoms with E-state index in [1.165, 1.54) is 0 Å². The Morgan fingerprint density at radius 1 is 1.26 bits per heavy atom. The Balaban J connectivity index is 1.83. The van der Waals surface area contributed by atoms with E-state index in [2.05, 4.69) is 9.97 Å². The van der Waals surface area contributed by atoms with E-state index >= 15 is 0 Å². The van der Waals surface area contributed by atoms with E-state index in [4.69, 9.17) is 11.6 Å². The molecule has 5 heteroatoms. The van der Waals surface area contributed by atoms with Crippen molar-refractivity contribution in [2.75, 3.05) is 6.54 Å². The highest BCUT2D eigenvalue weighted by molar-refractivity contribution is 6.30. The van der Waals surface area contributed by atoms with Gasteiger partial charge in [0.05, 0.1) is 11.1 Å². The standard InChI is InChI=1S/C18H20ClN3O/c1-12-20-10-13-11-22(9-8-16(13)21-12)17(23)18(2,3)14-4-6-15(19)7-5-14/h4-7,10H,8-9,11H2,1-3H3. The van der Waals surface area contributed by atoms with Crippen LogP contribution in [0.15, 0.2) is 30.5 Å². The monoisotopic (exact) mass is 329 g/mol. The van der Waals surface area contributed by atoms with E-state index in [9.17, 15) is 4.79 Å². The fourth-order valence-electron chi connectivity index (χ4n) is 2.97. The Morgan fingerprint density at radius 3 is 2.65 bits per heavy atom. The first-order chi connectivity index (χ1) is 10.9. The van der Waals surface area contributed by atoms with Crippen LogP contribution in [0.4, 0.5) is 0 Å². The van der Waals surface area contributed by atoms with Crippen molar-refractivity contribution in [3.8, 4) is 0 Å². The maximum absolute atomic E-state index is 13.0. The summed E-state index contributed by atoms with van der Waals surface area (Å²) in [4.78, 5) is 23.7. The van der Waals surface area contributed by atoms with E-state index in [1.807, 2.05) is 56.1 Å². The Bertz CT molecular complexity index is 740. The number of rotatable bonds is 2. The van der Waals surface area contributed by atoms with Gasteiger partial charge >= 0.3 is 0 Å². The van der Waals surface area contributed by atoms with Crippen molar-refractivity contribution in [1.29, 1.82) is 0 Å². The second kappa shape index (κ2) is 5.93. The SMILES string of the molecule is Cc1ncc2c(n1)CCN(C(=O)C(C)(C)c1ccc(Cl)cc1)C2. The maximum Gasteiger partial charge on any atom is 0.232 e. The molecular weight excluding hydrogens is 310 g/mol. The van der Waals surface area contributed by atoms with Crippen LogP contribution in [0.5, 0.6) is 0 Å². The number of aromatic nitrogens is 2. The van der Waals surface area contributed by atoms with Gasteiger partial charge in [0.2, 0.25) is 5.91 Å². The Hall–Kier alpha value is -1.94. The molecule has 1 aromatic heterocycles. The van der Waals surface area contributed by atoms with Crippen LogP contribution >= 0.6 is 11.6 Å². The molecular formula is C18H20ClN3O. The third-order valence-electron chi connectivity index (χ3n) is 4.44. The van der Waals surface area contributed by atoms with Gasteiger partial charge in [0.15, 0.2) is 0 Å². The first-order valence-electron chi connectivity index (χ1n) is 7.75. The summed E-state index contributed by atoms with van der Waals surface area (Å²) in [6, 6.07) is 7.50. The number of benzene rings is 1. The lowest BCUT2D eigenvalue weighted by Crippen LogP contribution is -2.45. The van der Waals surface area contributed by atoms with Crippen molar-refractivity contribution in [2.24, 2.45) is 0 Å². The number of hydrogen-bond acceptors (Lipinski definition) is 3. The zero-order valence-corrected chi connectivity index (χ0v) is 14.4. The number of nitrogens with zero attached hydrogens (tertiary/aromatic N) is 3. The summed E-state index contributed by atoms with van der Waals surface area (Å²) < 4.78 is 0. The predicted octanol–water partition coefficient (Wildman–Crippen LogP) is 3.30. The van der Waals surface area contributed by atoms with Crippen molar-refractivity contribution in [3.63, 3.8) is 0 Å². The molecule has 120 valence electrons. The Labute approximate surface area is 141 Å². The molecule has 0 aliphatic carbocycles. The summed E-state index contributed by atoms with van der Waals surface area (Å²) in [5.41, 5.74) is 2.49. The number of aryl methyl sites for hydroxylation is 1.